The van der Waals surface area contributed by atoms with E-state index in [-0.39, 0.29) is 0 Å². The first kappa shape index (κ1) is 16.5. The largest absolute Gasteiger partial charge is 0.315 e. The summed E-state index contributed by atoms with van der Waals surface area (Å²) in [5.41, 5.74) is 4.60. The average Bonchev–Trinajstić information content (AvgIpc) is 2.91. The monoisotopic (exact) mass is 340 g/mol. The zero-order chi connectivity index (χ0) is 17.1. The second-order valence-electron chi connectivity index (χ2n) is 6.24. The summed E-state index contributed by atoms with van der Waals surface area (Å²) in [7, 11) is 2.13. The number of benzene rings is 2. The molecule has 124 valence electrons. The predicted octanol–water partition coefficient (Wildman–Crippen LogP) is 2.09. The van der Waals surface area contributed by atoms with Gasteiger partial charge in [0.1, 0.15) is 6.54 Å². The molecule has 0 radical (unpaired) electrons. The molecule has 1 aromatic heterocycles. The number of nitrogens with one attached hydrogen (secondary N) is 1. The third-order valence-corrected chi connectivity index (χ3v) is 4.38. The van der Waals surface area contributed by atoms with Gasteiger partial charge < -0.3 is 4.90 Å². The van der Waals surface area contributed by atoms with E-state index in [9.17, 15) is 0 Å². The van der Waals surface area contributed by atoms with Crippen LogP contribution < -0.4 is 4.90 Å². The molecule has 2 aromatic carbocycles. The van der Waals surface area contributed by atoms with Crippen molar-refractivity contribution < 1.29 is 4.90 Å². The fraction of sp³-hybridized carbons (Fsp3) is 0.278. The maximum atomic E-state index is 5.58. The van der Waals surface area contributed by atoms with Crippen molar-refractivity contribution in [3.8, 4) is 5.69 Å². The Kier molecular flexibility index (Phi) is 4.87. The molecule has 0 spiro atoms. The van der Waals surface area contributed by atoms with E-state index in [0.29, 0.717) is 11.4 Å². The molecule has 24 heavy (non-hydrogen) atoms. The van der Waals surface area contributed by atoms with Gasteiger partial charge in [-0.15, -0.1) is 0 Å². The normalized spacial score (nSPS) is 12.3. The lowest BCUT2D eigenvalue weighted by molar-refractivity contribution is -0.917. The van der Waals surface area contributed by atoms with Crippen LogP contribution in [0.25, 0.3) is 5.69 Å². The molecule has 1 heterocycles. The van der Waals surface area contributed by atoms with Gasteiger partial charge in [0, 0.05) is 5.56 Å². The van der Waals surface area contributed by atoms with E-state index in [2.05, 4.69) is 73.8 Å². The van der Waals surface area contributed by atoms with Crippen LogP contribution in [0.3, 0.4) is 0 Å². The van der Waals surface area contributed by atoms with Crippen LogP contribution in [0, 0.1) is 18.6 Å². The average molecular weight is 340 g/mol. The van der Waals surface area contributed by atoms with Gasteiger partial charge in [0.05, 0.1) is 12.7 Å². The molecule has 0 fully saturated rings. The van der Waals surface area contributed by atoms with Gasteiger partial charge in [0.15, 0.2) is 6.67 Å². The van der Waals surface area contributed by atoms with Crippen LogP contribution in [0.5, 0.6) is 0 Å². The van der Waals surface area contributed by atoms with Gasteiger partial charge in [-0.1, -0.05) is 42.5 Å². The fourth-order valence-corrected chi connectivity index (χ4v) is 2.96. The van der Waals surface area contributed by atoms with Gasteiger partial charge >= 0.3 is 0 Å². The minimum atomic E-state index is 0.621. The molecule has 0 aliphatic carbocycles. The topological polar surface area (TPSA) is 40.1 Å². The summed E-state index contributed by atoms with van der Waals surface area (Å²) >= 11 is 5.58. The number of hydrogen-bond acceptors (Lipinski definition) is 3. The molecule has 1 N–H and O–H groups in total. The summed E-state index contributed by atoms with van der Waals surface area (Å²) in [4.78, 5) is 1.30. The summed E-state index contributed by atoms with van der Waals surface area (Å²) in [6.07, 6.45) is 0. The number of aromatic nitrogens is 4. The van der Waals surface area contributed by atoms with E-state index in [1.165, 1.54) is 16.0 Å². The van der Waals surface area contributed by atoms with E-state index in [1.807, 2.05) is 6.07 Å². The second-order valence-corrected chi connectivity index (χ2v) is 6.61. The molecular weight excluding hydrogens is 318 g/mol. The quantitative estimate of drug-likeness (QED) is 0.723. The maximum Gasteiger partial charge on any atom is 0.225 e. The molecule has 0 saturated heterocycles. The number of aryl methyl sites for hydroxylation is 2. The summed E-state index contributed by atoms with van der Waals surface area (Å²) in [6, 6.07) is 16.7. The minimum absolute atomic E-state index is 0.621. The van der Waals surface area contributed by atoms with Crippen LogP contribution in [0.1, 0.15) is 16.7 Å². The molecule has 3 rings (SSSR count). The number of rotatable bonds is 5. The van der Waals surface area contributed by atoms with Crippen LogP contribution in [-0.4, -0.2) is 26.8 Å². The Morgan fingerprint density at radius 2 is 1.79 bits per heavy atom. The maximum absolute atomic E-state index is 5.58. The van der Waals surface area contributed by atoms with Gasteiger partial charge in [0.25, 0.3) is 0 Å². The van der Waals surface area contributed by atoms with Gasteiger partial charge in [-0.05, 0) is 53.7 Å². The third kappa shape index (κ3) is 3.60. The zero-order valence-corrected chi connectivity index (χ0v) is 15.0. The molecule has 0 bridgehead atoms. The summed E-state index contributed by atoms with van der Waals surface area (Å²) in [5.74, 6) is 0. The molecule has 1 unspecified atom stereocenters. The van der Waals surface area contributed by atoms with Crippen molar-refractivity contribution in [1.29, 1.82) is 0 Å². The van der Waals surface area contributed by atoms with Gasteiger partial charge in [0.2, 0.25) is 4.77 Å². The SMILES string of the molecule is Cc1ccc(C)c(-n2nnn(C[NH+](C)Cc3ccccc3)c2=S)c1. The first-order valence-electron chi connectivity index (χ1n) is 8.00. The lowest BCUT2D eigenvalue weighted by atomic mass is 10.1. The van der Waals surface area contributed by atoms with Gasteiger partial charge in [-0.2, -0.15) is 9.36 Å². The van der Waals surface area contributed by atoms with Crippen LogP contribution >= 0.6 is 12.2 Å². The van der Waals surface area contributed by atoms with Crippen molar-refractivity contribution in [3.63, 3.8) is 0 Å². The van der Waals surface area contributed by atoms with Crippen LogP contribution in [0.2, 0.25) is 0 Å². The van der Waals surface area contributed by atoms with Crippen molar-refractivity contribution >= 4 is 12.2 Å². The van der Waals surface area contributed by atoms with Gasteiger partial charge in [-0.25, -0.2) is 0 Å². The number of tetrazole rings is 1. The standard InChI is InChI=1S/C18H21N5S/c1-14-9-10-15(2)17(11-14)23-18(24)22(19-20-23)13-21(3)12-16-7-5-4-6-8-16/h4-11H,12-13H2,1-3H3/p+1. The van der Waals surface area contributed by atoms with E-state index >= 15 is 0 Å². The van der Waals surface area contributed by atoms with Crippen molar-refractivity contribution in [2.45, 2.75) is 27.1 Å². The van der Waals surface area contributed by atoms with E-state index < -0.39 is 0 Å². The molecule has 0 amide bonds. The molecule has 5 nitrogen and oxygen atoms in total. The summed E-state index contributed by atoms with van der Waals surface area (Å²) in [5, 5.41) is 8.51. The van der Waals surface area contributed by atoms with E-state index in [1.54, 1.807) is 9.36 Å². The highest BCUT2D eigenvalue weighted by atomic mass is 32.1. The van der Waals surface area contributed by atoms with Crippen molar-refractivity contribution in [2.75, 3.05) is 7.05 Å². The summed E-state index contributed by atoms with van der Waals surface area (Å²) in [6.45, 7) is 5.72. The Morgan fingerprint density at radius 1 is 1.04 bits per heavy atom. The zero-order valence-electron chi connectivity index (χ0n) is 14.2. The van der Waals surface area contributed by atoms with Crippen molar-refractivity contribution in [1.82, 2.24) is 19.8 Å². The molecular formula is C18H22N5S+. The summed E-state index contributed by atoms with van der Waals surface area (Å²) < 4.78 is 4.15. The number of nitrogens with zero attached hydrogens (tertiary/aromatic N) is 4. The Bertz CT molecular complexity index is 882. The lowest BCUT2D eigenvalue weighted by Crippen LogP contribution is -3.07. The predicted molar refractivity (Wildman–Crippen MR) is 96.7 cm³/mol. The lowest BCUT2D eigenvalue weighted by Gasteiger charge is -2.13. The Morgan fingerprint density at radius 3 is 2.54 bits per heavy atom. The second kappa shape index (κ2) is 7.07. The van der Waals surface area contributed by atoms with E-state index in [0.717, 1.165) is 17.8 Å². The van der Waals surface area contributed by atoms with Crippen LogP contribution in [0.15, 0.2) is 48.5 Å². The fourth-order valence-electron chi connectivity index (χ4n) is 2.73. The molecule has 0 saturated carbocycles. The Balaban J connectivity index is 1.80. The van der Waals surface area contributed by atoms with Crippen molar-refractivity contribution in [2.24, 2.45) is 0 Å². The molecule has 1 atom stereocenters. The highest BCUT2D eigenvalue weighted by Gasteiger charge is 2.12. The smallest absolute Gasteiger partial charge is 0.225 e. The number of quaternary nitrogens is 1. The first-order valence-corrected chi connectivity index (χ1v) is 8.41. The molecule has 6 heteroatoms. The Labute approximate surface area is 147 Å². The third-order valence-electron chi connectivity index (χ3n) is 4.00. The molecule has 0 aliphatic heterocycles. The van der Waals surface area contributed by atoms with E-state index in [4.69, 9.17) is 12.2 Å². The van der Waals surface area contributed by atoms with Crippen LogP contribution in [-0.2, 0) is 13.2 Å². The highest BCUT2D eigenvalue weighted by molar-refractivity contribution is 7.71. The van der Waals surface area contributed by atoms with Crippen LogP contribution in [0.4, 0.5) is 0 Å². The number of hydrogen-bond donors (Lipinski definition) is 1. The molecule has 3 aromatic rings. The molecule has 0 aliphatic rings. The van der Waals surface area contributed by atoms with Gasteiger partial charge in [-0.3, -0.25) is 0 Å². The highest BCUT2D eigenvalue weighted by Crippen LogP contribution is 2.14. The van der Waals surface area contributed by atoms with Crippen molar-refractivity contribution in [3.05, 3.63) is 70.0 Å². The Hall–Kier alpha value is -2.31. The first-order chi connectivity index (χ1) is 11.5. The minimum Gasteiger partial charge on any atom is -0.315 e.